The Morgan fingerprint density at radius 3 is 2.17 bits per heavy atom. The first kappa shape index (κ1) is 13.4. The van der Waals surface area contributed by atoms with Crippen LogP contribution in [0, 0.1) is 5.92 Å². The molecule has 0 bridgehead atoms. The molecule has 4 heteroatoms. The maximum absolute atomic E-state index is 12.2. The molecule has 2 saturated heterocycles. The summed E-state index contributed by atoms with van der Waals surface area (Å²) in [6.07, 6.45) is 5.26. The van der Waals surface area contributed by atoms with Crippen LogP contribution in [0.25, 0.3) is 0 Å². The van der Waals surface area contributed by atoms with Gasteiger partial charge >= 0.3 is 11.8 Å². The monoisotopic (exact) mass is 252 g/mol. The van der Waals surface area contributed by atoms with Crippen molar-refractivity contribution < 1.29 is 9.59 Å². The van der Waals surface area contributed by atoms with Crippen LogP contribution < -0.4 is 0 Å². The van der Waals surface area contributed by atoms with E-state index in [0.717, 1.165) is 45.3 Å². The lowest BCUT2D eigenvalue weighted by Gasteiger charge is -2.36. The first-order valence-electron chi connectivity index (χ1n) is 7.19. The van der Waals surface area contributed by atoms with Gasteiger partial charge in [0.15, 0.2) is 0 Å². The Morgan fingerprint density at radius 1 is 0.889 bits per heavy atom. The first-order chi connectivity index (χ1) is 8.59. The second-order valence-electron chi connectivity index (χ2n) is 5.82. The summed E-state index contributed by atoms with van der Waals surface area (Å²) in [4.78, 5) is 27.9. The molecule has 18 heavy (non-hydrogen) atoms. The van der Waals surface area contributed by atoms with Crippen LogP contribution in [-0.2, 0) is 9.59 Å². The molecule has 0 aromatic heterocycles. The van der Waals surface area contributed by atoms with Crippen LogP contribution >= 0.6 is 0 Å². The lowest BCUT2D eigenvalue weighted by Crippen LogP contribution is -2.51. The summed E-state index contributed by atoms with van der Waals surface area (Å²) in [6.45, 7) is 6.48. The maximum Gasteiger partial charge on any atom is 0.312 e. The summed E-state index contributed by atoms with van der Waals surface area (Å²) in [5.41, 5.74) is 0. The molecule has 102 valence electrons. The average molecular weight is 252 g/mol. The van der Waals surface area contributed by atoms with Crippen LogP contribution in [0.4, 0.5) is 0 Å². The third kappa shape index (κ3) is 2.85. The van der Waals surface area contributed by atoms with Gasteiger partial charge in [-0.15, -0.1) is 0 Å². The normalized spacial score (nSPS) is 26.2. The number of likely N-dealkylation sites (tertiary alicyclic amines) is 2. The van der Waals surface area contributed by atoms with Gasteiger partial charge in [0.1, 0.15) is 0 Å². The summed E-state index contributed by atoms with van der Waals surface area (Å²) < 4.78 is 0. The number of carbonyl (C=O) groups is 2. The molecule has 0 spiro atoms. The molecule has 0 N–H and O–H groups in total. The molecule has 0 aliphatic carbocycles. The molecule has 0 aromatic rings. The quantitative estimate of drug-likeness (QED) is 0.615. The van der Waals surface area contributed by atoms with Crippen LogP contribution in [0.2, 0.25) is 0 Å². The number of rotatable bonds is 0. The molecule has 2 rings (SSSR count). The van der Waals surface area contributed by atoms with Crippen molar-refractivity contribution in [3.05, 3.63) is 0 Å². The van der Waals surface area contributed by atoms with Gasteiger partial charge < -0.3 is 9.80 Å². The van der Waals surface area contributed by atoms with E-state index in [1.54, 1.807) is 9.80 Å². The Kier molecular flexibility index (Phi) is 4.25. The SMILES string of the molecule is CC1CCN(C(=O)C(=O)N2CCCCC2C)CC1. The van der Waals surface area contributed by atoms with Gasteiger partial charge in [0.2, 0.25) is 0 Å². The van der Waals surface area contributed by atoms with E-state index < -0.39 is 0 Å². The van der Waals surface area contributed by atoms with Crippen LogP contribution in [-0.4, -0.2) is 47.3 Å². The number of nitrogens with zero attached hydrogens (tertiary/aromatic N) is 2. The summed E-state index contributed by atoms with van der Waals surface area (Å²) in [6, 6.07) is 0.221. The molecule has 0 radical (unpaired) electrons. The predicted octanol–water partition coefficient (Wildman–Crippen LogP) is 1.65. The van der Waals surface area contributed by atoms with Crippen molar-refractivity contribution in [1.29, 1.82) is 0 Å². The van der Waals surface area contributed by atoms with Gasteiger partial charge in [-0.1, -0.05) is 6.92 Å². The number of amides is 2. The molecule has 1 unspecified atom stereocenters. The van der Waals surface area contributed by atoms with Gasteiger partial charge in [-0.2, -0.15) is 0 Å². The number of hydrogen-bond donors (Lipinski definition) is 0. The molecule has 2 heterocycles. The highest BCUT2D eigenvalue weighted by molar-refractivity contribution is 6.35. The Hall–Kier alpha value is -1.06. The fourth-order valence-electron chi connectivity index (χ4n) is 2.87. The van der Waals surface area contributed by atoms with Gasteiger partial charge in [0, 0.05) is 25.7 Å². The van der Waals surface area contributed by atoms with Gasteiger partial charge in [-0.05, 0) is 44.9 Å². The van der Waals surface area contributed by atoms with Crippen molar-refractivity contribution in [2.75, 3.05) is 19.6 Å². The van der Waals surface area contributed by atoms with Gasteiger partial charge in [-0.3, -0.25) is 9.59 Å². The minimum absolute atomic E-state index is 0.221. The van der Waals surface area contributed by atoms with Gasteiger partial charge in [0.05, 0.1) is 0 Å². The molecule has 4 nitrogen and oxygen atoms in total. The van der Waals surface area contributed by atoms with Crippen LogP contribution in [0.1, 0.15) is 46.0 Å². The first-order valence-corrected chi connectivity index (χ1v) is 7.19. The summed E-state index contributed by atoms with van der Waals surface area (Å²) in [5, 5.41) is 0. The fraction of sp³-hybridized carbons (Fsp3) is 0.857. The van der Waals surface area contributed by atoms with Crippen LogP contribution in [0.15, 0.2) is 0 Å². The zero-order chi connectivity index (χ0) is 13.1. The molecule has 2 aliphatic rings. The fourth-order valence-corrected chi connectivity index (χ4v) is 2.87. The zero-order valence-electron chi connectivity index (χ0n) is 11.5. The Labute approximate surface area is 109 Å². The van der Waals surface area contributed by atoms with E-state index in [0.29, 0.717) is 5.92 Å². The molecule has 2 amide bonds. The van der Waals surface area contributed by atoms with Gasteiger partial charge in [-0.25, -0.2) is 0 Å². The lowest BCUT2D eigenvalue weighted by molar-refractivity contribution is -0.154. The predicted molar refractivity (Wildman–Crippen MR) is 70.0 cm³/mol. The lowest BCUT2D eigenvalue weighted by atomic mass is 9.99. The number of carbonyl (C=O) groups excluding carboxylic acids is 2. The largest absolute Gasteiger partial charge is 0.334 e. The van der Waals surface area contributed by atoms with E-state index in [-0.39, 0.29) is 17.9 Å². The van der Waals surface area contributed by atoms with Crippen LogP contribution in [0.5, 0.6) is 0 Å². The van der Waals surface area contributed by atoms with E-state index in [2.05, 4.69) is 6.92 Å². The summed E-state index contributed by atoms with van der Waals surface area (Å²) >= 11 is 0. The number of piperidine rings is 2. The second-order valence-corrected chi connectivity index (χ2v) is 5.82. The van der Waals surface area contributed by atoms with Crippen molar-refractivity contribution in [3.63, 3.8) is 0 Å². The van der Waals surface area contributed by atoms with E-state index in [9.17, 15) is 9.59 Å². The smallest absolute Gasteiger partial charge is 0.312 e. The standard InChI is InChI=1S/C14H24N2O2/c1-11-6-9-15(10-7-11)13(17)14(18)16-8-4-3-5-12(16)2/h11-12H,3-10H2,1-2H3. The van der Waals surface area contributed by atoms with E-state index in [1.807, 2.05) is 6.92 Å². The van der Waals surface area contributed by atoms with E-state index in [4.69, 9.17) is 0 Å². The third-order valence-electron chi connectivity index (χ3n) is 4.32. The molecule has 2 fully saturated rings. The van der Waals surface area contributed by atoms with Crippen LogP contribution in [0.3, 0.4) is 0 Å². The molecular formula is C14H24N2O2. The Morgan fingerprint density at radius 2 is 1.56 bits per heavy atom. The summed E-state index contributed by atoms with van der Waals surface area (Å²) in [7, 11) is 0. The molecular weight excluding hydrogens is 228 g/mol. The van der Waals surface area contributed by atoms with Crippen molar-refractivity contribution in [3.8, 4) is 0 Å². The maximum atomic E-state index is 12.2. The topological polar surface area (TPSA) is 40.6 Å². The second kappa shape index (κ2) is 5.72. The van der Waals surface area contributed by atoms with Crippen molar-refractivity contribution >= 4 is 11.8 Å². The van der Waals surface area contributed by atoms with Crippen molar-refractivity contribution in [1.82, 2.24) is 9.80 Å². The molecule has 0 aromatic carbocycles. The van der Waals surface area contributed by atoms with Crippen molar-refractivity contribution in [2.24, 2.45) is 5.92 Å². The molecule has 1 atom stereocenters. The highest BCUT2D eigenvalue weighted by Gasteiger charge is 2.32. The molecule has 0 saturated carbocycles. The van der Waals surface area contributed by atoms with E-state index >= 15 is 0 Å². The highest BCUT2D eigenvalue weighted by Crippen LogP contribution is 2.19. The average Bonchev–Trinajstić information content (AvgIpc) is 2.38. The third-order valence-corrected chi connectivity index (χ3v) is 4.32. The van der Waals surface area contributed by atoms with Crippen molar-refractivity contribution in [2.45, 2.75) is 52.0 Å². The van der Waals surface area contributed by atoms with Gasteiger partial charge in [0.25, 0.3) is 0 Å². The Balaban J connectivity index is 1.93. The van der Waals surface area contributed by atoms with E-state index in [1.165, 1.54) is 6.42 Å². The number of hydrogen-bond acceptors (Lipinski definition) is 2. The highest BCUT2D eigenvalue weighted by atomic mass is 16.2. The summed E-state index contributed by atoms with van der Waals surface area (Å²) in [5.74, 6) is 0.116. The Bertz CT molecular complexity index is 322. The molecule has 2 aliphatic heterocycles. The minimum Gasteiger partial charge on any atom is -0.334 e. The zero-order valence-corrected chi connectivity index (χ0v) is 11.5. The minimum atomic E-state index is -0.282.